The van der Waals surface area contributed by atoms with Crippen molar-refractivity contribution in [2.45, 2.75) is 19.8 Å². The van der Waals surface area contributed by atoms with Gasteiger partial charge in [0.05, 0.1) is 0 Å². The Morgan fingerprint density at radius 3 is 2.74 bits per heavy atom. The quantitative estimate of drug-likeness (QED) is 0.420. The molecule has 5 heteroatoms. The molecule has 4 N–H and O–H groups in total. The molecule has 0 bridgehead atoms. The van der Waals surface area contributed by atoms with E-state index < -0.39 is 0 Å². The molecule has 0 atom stereocenters. The number of hydrazine groups is 1. The van der Waals surface area contributed by atoms with Gasteiger partial charge in [0.15, 0.2) is 0 Å². The molecule has 1 heterocycles. The molecule has 1 aromatic heterocycles. The molecule has 100 valence electrons. The Labute approximate surface area is 113 Å². The van der Waals surface area contributed by atoms with E-state index in [4.69, 9.17) is 5.84 Å². The summed E-state index contributed by atoms with van der Waals surface area (Å²) in [7, 11) is 0. The number of anilines is 2. The fourth-order valence-electron chi connectivity index (χ4n) is 1.83. The van der Waals surface area contributed by atoms with Crippen LogP contribution in [0.25, 0.3) is 0 Å². The number of nitrogens with zero attached hydrogens (tertiary/aromatic N) is 2. The van der Waals surface area contributed by atoms with Crippen LogP contribution in [0, 0.1) is 6.92 Å². The lowest BCUT2D eigenvalue weighted by Gasteiger charge is -2.09. The maximum absolute atomic E-state index is 5.30. The van der Waals surface area contributed by atoms with E-state index in [1.54, 1.807) is 6.20 Å². The maximum atomic E-state index is 5.30. The van der Waals surface area contributed by atoms with Crippen LogP contribution < -0.4 is 16.6 Å². The first-order chi connectivity index (χ1) is 9.29. The minimum atomic E-state index is 0.427. The van der Waals surface area contributed by atoms with Crippen molar-refractivity contribution in [3.63, 3.8) is 0 Å². The van der Waals surface area contributed by atoms with Gasteiger partial charge < -0.3 is 5.32 Å². The van der Waals surface area contributed by atoms with Crippen LogP contribution >= 0.6 is 0 Å². The predicted octanol–water partition coefficient (Wildman–Crippen LogP) is 2.12. The summed E-state index contributed by atoms with van der Waals surface area (Å²) in [6.07, 6.45) is 3.86. The number of hydrogen-bond donors (Lipinski definition) is 3. The van der Waals surface area contributed by atoms with Gasteiger partial charge in [0, 0.05) is 18.3 Å². The number of aryl methyl sites for hydroxylation is 2. The summed E-state index contributed by atoms with van der Waals surface area (Å²) < 4.78 is 0. The highest BCUT2D eigenvalue weighted by Gasteiger charge is 2.02. The second kappa shape index (κ2) is 6.70. The van der Waals surface area contributed by atoms with E-state index in [1.165, 1.54) is 5.56 Å². The van der Waals surface area contributed by atoms with Crippen molar-refractivity contribution in [3.05, 3.63) is 47.7 Å². The van der Waals surface area contributed by atoms with Crippen LogP contribution in [0.15, 0.2) is 36.5 Å². The molecule has 0 fully saturated rings. The molecule has 1 aromatic carbocycles. The third-order valence-electron chi connectivity index (χ3n) is 2.88. The topological polar surface area (TPSA) is 75.9 Å². The molecule has 0 spiro atoms. The molecular weight excluding hydrogens is 238 g/mol. The van der Waals surface area contributed by atoms with Crippen LogP contribution in [-0.2, 0) is 6.42 Å². The summed E-state index contributed by atoms with van der Waals surface area (Å²) in [6, 6.07) is 10.5. The molecule has 2 aromatic rings. The van der Waals surface area contributed by atoms with Gasteiger partial charge in [-0.1, -0.05) is 30.3 Å². The minimum absolute atomic E-state index is 0.427. The van der Waals surface area contributed by atoms with E-state index in [0.717, 1.165) is 30.8 Å². The summed E-state index contributed by atoms with van der Waals surface area (Å²) in [5.41, 5.74) is 4.82. The summed E-state index contributed by atoms with van der Waals surface area (Å²) in [5.74, 6) is 6.55. The van der Waals surface area contributed by atoms with Gasteiger partial charge in [-0.2, -0.15) is 4.98 Å². The molecule has 0 amide bonds. The van der Waals surface area contributed by atoms with Crippen LogP contribution in [0.3, 0.4) is 0 Å². The van der Waals surface area contributed by atoms with E-state index in [-0.39, 0.29) is 0 Å². The second-order valence-corrected chi connectivity index (χ2v) is 4.39. The molecule has 2 rings (SSSR count). The molecular formula is C14H19N5. The number of aromatic nitrogens is 2. The van der Waals surface area contributed by atoms with Gasteiger partial charge in [0.25, 0.3) is 0 Å². The number of rotatable bonds is 6. The van der Waals surface area contributed by atoms with Gasteiger partial charge in [-0.3, -0.25) is 5.43 Å². The van der Waals surface area contributed by atoms with Crippen LogP contribution in [0.1, 0.15) is 17.5 Å². The Kier molecular flexibility index (Phi) is 4.69. The zero-order valence-corrected chi connectivity index (χ0v) is 11.1. The number of nitrogens with two attached hydrogens (primary N) is 1. The van der Waals surface area contributed by atoms with E-state index in [1.807, 2.05) is 13.0 Å². The maximum Gasteiger partial charge on any atom is 0.239 e. The van der Waals surface area contributed by atoms with Gasteiger partial charge in [-0.25, -0.2) is 10.8 Å². The molecule has 0 saturated heterocycles. The number of nitrogen functional groups attached to an aromatic ring is 1. The average molecular weight is 257 g/mol. The van der Waals surface area contributed by atoms with Gasteiger partial charge in [0.2, 0.25) is 5.95 Å². The Balaban J connectivity index is 1.82. The van der Waals surface area contributed by atoms with Crippen molar-refractivity contribution >= 4 is 11.8 Å². The molecule has 0 aliphatic heterocycles. The molecule has 0 unspecified atom stereocenters. The largest absolute Gasteiger partial charge is 0.370 e. The van der Waals surface area contributed by atoms with E-state index in [9.17, 15) is 0 Å². The molecule has 0 saturated carbocycles. The van der Waals surface area contributed by atoms with Crippen molar-refractivity contribution in [1.82, 2.24) is 9.97 Å². The Morgan fingerprint density at radius 1 is 1.21 bits per heavy atom. The van der Waals surface area contributed by atoms with Gasteiger partial charge in [0.1, 0.15) is 5.82 Å². The van der Waals surface area contributed by atoms with Crippen molar-refractivity contribution in [2.24, 2.45) is 5.84 Å². The molecule has 0 aliphatic carbocycles. The lowest BCUT2D eigenvalue weighted by Crippen LogP contribution is -2.13. The lowest BCUT2D eigenvalue weighted by atomic mass is 10.1. The van der Waals surface area contributed by atoms with Crippen LogP contribution in [0.4, 0.5) is 11.8 Å². The zero-order valence-electron chi connectivity index (χ0n) is 11.1. The second-order valence-electron chi connectivity index (χ2n) is 4.39. The molecule has 19 heavy (non-hydrogen) atoms. The fourth-order valence-corrected chi connectivity index (χ4v) is 1.83. The third kappa shape index (κ3) is 3.93. The van der Waals surface area contributed by atoms with Crippen LogP contribution in [0.5, 0.6) is 0 Å². The van der Waals surface area contributed by atoms with Crippen LogP contribution in [0.2, 0.25) is 0 Å². The zero-order chi connectivity index (χ0) is 13.5. The molecule has 0 aliphatic rings. The first-order valence-electron chi connectivity index (χ1n) is 6.37. The van der Waals surface area contributed by atoms with E-state index >= 15 is 0 Å². The summed E-state index contributed by atoms with van der Waals surface area (Å²) >= 11 is 0. The first kappa shape index (κ1) is 13.3. The monoisotopic (exact) mass is 257 g/mol. The predicted molar refractivity (Wildman–Crippen MR) is 77.8 cm³/mol. The number of nitrogens with one attached hydrogen (secondary N) is 2. The summed E-state index contributed by atoms with van der Waals surface area (Å²) in [4.78, 5) is 8.32. The Morgan fingerprint density at radius 2 is 2.00 bits per heavy atom. The van der Waals surface area contributed by atoms with Gasteiger partial charge in [-0.05, 0) is 25.3 Å². The third-order valence-corrected chi connectivity index (χ3v) is 2.88. The number of hydrogen-bond acceptors (Lipinski definition) is 5. The first-order valence-corrected chi connectivity index (χ1v) is 6.37. The Hall–Kier alpha value is -2.14. The summed E-state index contributed by atoms with van der Waals surface area (Å²) in [5, 5.41) is 3.31. The standard InChI is InChI=1S/C14H19N5/c1-11-10-17-14(19-15)18-13(11)16-9-5-8-12-6-3-2-4-7-12/h2-4,6-7,10H,5,8-9,15H2,1H3,(H2,16,17,18,19). The van der Waals surface area contributed by atoms with Crippen LogP contribution in [-0.4, -0.2) is 16.5 Å². The smallest absolute Gasteiger partial charge is 0.239 e. The van der Waals surface area contributed by atoms with Crippen molar-refractivity contribution in [2.75, 3.05) is 17.3 Å². The highest BCUT2D eigenvalue weighted by Crippen LogP contribution is 2.12. The highest BCUT2D eigenvalue weighted by molar-refractivity contribution is 5.45. The number of benzene rings is 1. The normalized spacial score (nSPS) is 10.2. The SMILES string of the molecule is Cc1cnc(NN)nc1NCCCc1ccccc1. The summed E-state index contributed by atoms with van der Waals surface area (Å²) in [6.45, 7) is 2.84. The van der Waals surface area contributed by atoms with E-state index in [2.05, 4.69) is 45.0 Å². The average Bonchev–Trinajstić information content (AvgIpc) is 2.46. The minimum Gasteiger partial charge on any atom is -0.370 e. The fraction of sp³-hybridized carbons (Fsp3) is 0.286. The van der Waals surface area contributed by atoms with Gasteiger partial charge in [-0.15, -0.1) is 0 Å². The van der Waals surface area contributed by atoms with E-state index in [0.29, 0.717) is 5.95 Å². The van der Waals surface area contributed by atoms with Gasteiger partial charge >= 0.3 is 0 Å². The highest BCUT2D eigenvalue weighted by atomic mass is 15.3. The lowest BCUT2D eigenvalue weighted by molar-refractivity contribution is 0.856. The molecule has 5 nitrogen and oxygen atoms in total. The Bertz CT molecular complexity index is 512. The van der Waals surface area contributed by atoms with Crippen molar-refractivity contribution < 1.29 is 0 Å². The van der Waals surface area contributed by atoms with Crippen molar-refractivity contribution in [1.29, 1.82) is 0 Å². The molecule has 0 radical (unpaired) electrons. The van der Waals surface area contributed by atoms with Crippen molar-refractivity contribution in [3.8, 4) is 0 Å².